The zero-order valence-electron chi connectivity index (χ0n) is 15.0. The minimum atomic E-state index is 0.448. The molecule has 6 heteroatoms. The number of nitrogen functional groups attached to an aromatic ring is 1. The second-order valence-corrected chi connectivity index (χ2v) is 6.43. The molecule has 0 saturated carbocycles. The third-order valence-electron chi connectivity index (χ3n) is 4.86. The van der Waals surface area contributed by atoms with Gasteiger partial charge in [-0.3, -0.25) is 0 Å². The highest BCUT2D eigenvalue weighted by Gasteiger charge is 2.19. The maximum absolute atomic E-state index is 6.24. The molecule has 1 aliphatic rings. The average Bonchev–Trinajstić information content (AvgIpc) is 2.89. The summed E-state index contributed by atoms with van der Waals surface area (Å²) in [5.74, 6) is 2.35. The molecule has 3 aromatic rings. The van der Waals surface area contributed by atoms with E-state index in [4.69, 9.17) is 20.2 Å². The zero-order chi connectivity index (χ0) is 18.1. The van der Waals surface area contributed by atoms with Crippen LogP contribution in [-0.4, -0.2) is 30.7 Å². The third kappa shape index (κ3) is 2.87. The Morgan fingerprint density at radius 2 is 1.73 bits per heavy atom. The van der Waals surface area contributed by atoms with Gasteiger partial charge in [0.25, 0.3) is 0 Å². The van der Waals surface area contributed by atoms with E-state index in [0.29, 0.717) is 23.3 Å². The first-order valence-corrected chi connectivity index (χ1v) is 8.70. The monoisotopic (exact) mass is 350 g/mol. The van der Waals surface area contributed by atoms with Gasteiger partial charge in [-0.1, -0.05) is 24.3 Å². The molecule has 0 fully saturated rings. The molecule has 2 aromatic carbocycles. The Morgan fingerprint density at radius 3 is 2.50 bits per heavy atom. The van der Waals surface area contributed by atoms with Crippen LogP contribution in [0.1, 0.15) is 17.5 Å². The second-order valence-electron chi connectivity index (χ2n) is 6.43. The summed E-state index contributed by atoms with van der Waals surface area (Å²) in [6.45, 7) is 1.68. The molecule has 0 spiro atoms. The van der Waals surface area contributed by atoms with Crippen LogP contribution < -0.4 is 20.1 Å². The van der Waals surface area contributed by atoms with Crippen molar-refractivity contribution in [2.24, 2.45) is 0 Å². The molecule has 2 heterocycles. The van der Waals surface area contributed by atoms with E-state index in [1.54, 1.807) is 14.2 Å². The molecular formula is C20H22N4O2. The maximum atomic E-state index is 6.24. The Labute approximate surface area is 152 Å². The first-order chi connectivity index (χ1) is 12.7. The lowest BCUT2D eigenvalue weighted by atomic mass is 10.0. The quantitative estimate of drug-likeness (QED) is 0.782. The molecule has 134 valence electrons. The number of fused-ring (bicyclic) bond motifs is 2. The molecular weight excluding hydrogens is 328 g/mol. The molecule has 0 unspecified atom stereocenters. The van der Waals surface area contributed by atoms with Crippen LogP contribution in [0.2, 0.25) is 0 Å². The van der Waals surface area contributed by atoms with Crippen molar-refractivity contribution in [3.05, 3.63) is 47.5 Å². The van der Waals surface area contributed by atoms with E-state index < -0.39 is 0 Å². The topological polar surface area (TPSA) is 73.5 Å². The van der Waals surface area contributed by atoms with E-state index in [9.17, 15) is 0 Å². The van der Waals surface area contributed by atoms with Gasteiger partial charge in [0.2, 0.25) is 5.95 Å². The van der Waals surface area contributed by atoms with E-state index in [-0.39, 0.29) is 0 Å². The van der Waals surface area contributed by atoms with Gasteiger partial charge < -0.3 is 20.1 Å². The second kappa shape index (κ2) is 6.71. The molecule has 0 bridgehead atoms. The van der Waals surface area contributed by atoms with Gasteiger partial charge in [0.15, 0.2) is 11.5 Å². The van der Waals surface area contributed by atoms with Crippen molar-refractivity contribution in [3.63, 3.8) is 0 Å². The van der Waals surface area contributed by atoms with Gasteiger partial charge >= 0.3 is 0 Å². The van der Waals surface area contributed by atoms with Crippen LogP contribution in [0.25, 0.3) is 10.9 Å². The number of nitrogens with two attached hydrogens (primary N) is 1. The lowest BCUT2D eigenvalue weighted by Crippen LogP contribution is -2.25. The Balaban J connectivity index is 1.77. The highest BCUT2D eigenvalue weighted by Crippen LogP contribution is 2.34. The highest BCUT2D eigenvalue weighted by molar-refractivity contribution is 5.91. The minimum Gasteiger partial charge on any atom is -0.493 e. The van der Waals surface area contributed by atoms with Crippen LogP contribution in [0.3, 0.4) is 0 Å². The van der Waals surface area contributed by atoms with E-state index in [1.807, 2.05) is 12.1 Å². The zero-order valence-corrected chi connectivity index (χ0v) is 15.0. The average molecular weight is 350 g/mol. The summed E-state index contributed by atoms with van der Waals surface area (Å²) in [6.07, 6.45) is 2.13. The molecule has 2 N–H and O–H groups in total. The number of nitrogens with zero attached hydrogens (tertiary/aromatic N) is 3. The summed E-state index contributed by atoms with van der Waals surface area (Å²) in [6, 6.07) is 12.2. The predicted octanol–water partition coefficient (Wildman–Crippen LogP) is 3.18. The SMILES string of the molecule is COc1cc2nc(N3CCCc4ccccc4C3)nc(N)c2cc1OC. The van der Waals surface area contributed by atoms with Gasteiger partial charge in [-0.25, -0.2) is 4.98 Å². The number of hydrogen-bond donors (Lipinski definition) is 1. The fraction of sp³-hybridized carbons (Fsp3) is 0.300. The van der Waals surface area contributed by atoms with Crippen molar-refractivity contribution in [2.75, 3.05) is 31.4 Å². The van der Waals surface area contributed by atoms with Crippen molar-refractivity contribution in [3.8, 4) is 11.5 Å². The van der Waals surface area contributed by atoms with Crippen molar-refractivity contribution in [1.29, 1.82) is 0 Å². The molecule has 0 aliphatic carbocycles. The van der Waals surface area contributed by atoms with Gasteiger partial charge in [-0.15, -0.1) is 0 Å². The Hall–Kier alpha value is -3.02. The predicted molar refractivity (Wildman–Crippen MR) is 103 cm³/mol. The standard InChI is InChI=1S/C20H22N4O2/c1-25-17-10-15-16(11-18(17)26-2)22-20(23-19(15)21)24-9-5-8-13-6-3-4-7-14(13)12-24/h3-4,6-7,10-11H,5,8-9,12H2,1-2H3,(H2,21,22,23). The molecule has 26 heavy (non-hydrogen) atoms. The number of aryl methyl sites for hydroxylation is 1. The van der Waals surface area contributed by atoms with Gasteiger partial charge in [-0.05, 0) is 30.0 Å². The van der Waals surface area contributed by atoms with E-state index in [2.05, 4.69) is 34.1 Å². The molecule has 1 aliphatic heterocycles. The smallest absolute Gasteiger partial charge is 0.228 e. The Bertz CT molecular complexity index is 958. The van der Waals surface area contributed by atoms with Crippen LogP contribution in [0, 0.1) is 0 Å². The number of methoxy groups -OCH3 is 2. The number of rotatable bonds is 3. The van der Waals surface area contributed by atoms with Crippen LogP contribution in [0.5, 0.6) is 11.5 Å². The Morgan fingerprint density at radius 1 is 1.00 bits per heavy atom. The van der Waals surface area contributed by atoms with E-state index in [1.165, 1.54) is 11.1 Å². The lowest BCUT2D eigenvalue weighted by molar-refractivity contribution is 0.356. The summed E-state index contributed by atoms with van der Waals surface area (Å²) in [5.41, 5.74) is 9.71. The maximum Gasteiger partial charge on any atom is 0.228 e. The summed E-state index contributed by atoms with van der Waals surface area (Å²) in [4.78, 5) is 11.5. The summed E-state index contributed by atoms with van der Waals surface area (Å²) in [5, 5.41) is 0.765. The number of aromatic nitrogens is 2. The molecule has 4 rings (SSSR count). The summed E-state index contributed by atoms with van der Waals surface area (Å²) >= 11 is 0. The molecule has 0 radical (unpaired) electrons. The normalized spacial score (nSPS) is 14.0. The molecule has 6 nitrogen and oxygen atoms in total. The van der Waals surface area contributed by atoms with E-state index >= 15 is 0 Å². The lowest BCUT2D eigenvalue weighted by Gasteiger charge is -2.22. The van der Waals surface area contributed by atoms with Crippen molar-refractivity contribution < 1.29 is 9.47 Å². The number of benzene rings is 2. The van der Waals surface area contributed by atoms with Crippen LogP contribution in [0.15, 0.2) is 36.4 Å². The third-order valence-corrected chi connectivity index (χ3v) is 4.86. The van der Waals surface area contributed by atoms with Crippen LogP contribution in [-0.2, 0) is 13.0 Å². The fourth-order valence-corrected chi connectivity index (χ4v) is 3.48. The summed E-state index contributed by atoms with van der Waals surface area (Å²) < 4.78 is 10.8. The minimum absolute atomic E-state index is 0.448. The molecule has 0 atom stereocenters. The summed E-state index contributed by atoms with van der Waals surface area (Å²) in [7, 11) is 3.21. The van der Waals surface area contributed by atoms with Gasteiger partial charge in [0.1, 0.15) is 5.82 Å². The van der Waals surface area contributed by atoms with Gasteiger partial charge in [-0.2, -0.15) is 4.98 Å². The first kappa shape index (κ1) is 16.4. The van der Waals surface area contributed by atoms with Crippen molar-refractivity contribution in [1.82, 2.24) is 9.97 Å². The number of ether oxygens (including phenoxy) is 2. The van der Waals surface area contributed by atoms with Gasteiger partial charge in [0.05, 0.1) is 19.7 Å². The molecule has 0 amide bonds. The van der Waals surface area contributed by atoms with Crippen molar-refractivity contribution in [2.45, 2.75) is 19.4 Å². The van der Waals surface area contributed by atoms with Crippen LogP contribution >= 0.6 is 0 Å². The van der Waals surface area contributed by atoms with E-state index in [0.717, 1.165) is 36.8 Å². The van der Waals surface area contributed by atoms with Crippen molar-refractivity contribution >= 4 is 22.7 Å². The Kier molecular flexibility index (Phi) is 4.24. The largest absolute Gasteiger partial charge is 0.493 e. The van der Waals surface area contributed by atoms with Crippen LogP contribution in [0.4, 0.5) is 11.8 Å². The number of hydrogen-bond acceptors (Lipinski definition) is 6. The number of anilines is 2. The fourth-order valence-electron chi connectivity index (χ4n) is 3.48. The highest BCUT2D eigenvalue weighted by atomic mass is 16.5. The first-order valence-electron chi connectivity index (χ1n) is 8.70. The molecule has 0 saturated heterocycles. The molecule has 1 aromatic heterocycles. The van der Waals surface area contributed by atoms with Gasteiger partial charge in [0, 0.05) is 24.5 Å².